The Bertz CT molecular complexity index is 744. The molecule has 0 unspecified atom stereocenters. The lowest BCUT2D eigenvalue weighted by molar-refractivity contribution is -0.387. The van der Waals surface area contributed by atoms with E-state index >= 15 is 0 Å². The number of nitrogens with zero attached hydrogens (tertiary/aromatic N) is 3. The van der Waals surface area contributed by atoms with E-state index in [0.29, 0.717) is 12.1 Å². The molecule has 2 N–H and O–H groups in total. The van der Waals surface area contributed by atoms with Crippen LogP contribution in [0.25, 0.3) is 5.69 Å². The van der Waals surface area contributed by atoms with E-state index in [-0.39, 0.29) is 11.5 Å². The van der Waals surface area contributed by atoms with Crippen LogP contribution in [-0.4, -0.2) is 27.6 Å². The summed E-state index contributed by atoms with van der Waals surface area (Å²) in [6.07, 6.45) is 0.974. The Labute approximate surface area is 115 Å². The average molecular weight is 298 g/mol. The van der Waals surface area contributed by atoms with E-state index in [9.17, 15) is 23.7 Å². The number of nitro benzene ring substituents is 1. The number of carbonyl (C=O) groups excluding carboxylic acids is 1. The van der Waals surface area contributed by atoms with Gasteiger partial charge in [0.15, 0.2) is 11.5 Å². The van der Waals surface area contributed by atoms with Gasteiger partial charge >= 0.3 is 11.7 Å². The molecule has 1 aromatic carbocycles. The first kappa shape index (κ1) is 14.4. The summed E-state index contributed by atoms with van der Waals surface area (Å²) in [4.78, 5) is 24.7. The van der Waals surface area contributed by atoms with Gasteiger partial charge in [0.2, 0.25) is 5.82 Å². The monoisotopic (exact) mass is 298 g/mol. The minimum Gasteiger partial charge on any atom is -0.464 e. The summed E-state index contributed by atoms with van der Waals surface area (Å²) in [6.45, 7) is 0. The molecule has 0 bridgehead atoms. The molecule has 21 heavy (non-hydrogen) atoms. The van der Waals surface area contributed by atoms with Gasteiger partial charge in [-0.2, -0.15) is 4.39 Å². The number of imidazole rings is 1. The molecular weight excluding hydrogens is 290 g/mol. The third-order valence-electron chi connectivity index (χ3n) is 2.66. The molecule has 1 aromatic heterocycles. The highest BCUT2D eigenvalue weighted by Crippen LogP contribution is 2.26. The van der Waals surface area contributed by atoms with Crippen molar-refractivity contribution in [3.63, 3.8) is 0 Å². The van der Waals surface area contributed by atoms with Crippen LogP contribution in [-0.2, 0) is 4.74 Å². The first-order valence-corrected chi connectivity index (χ1v) is 5.41. The maximum atomic E-state index is 13.8. The number of hydrogen-bond donors (Lipinski definition) is 1. The SMILES string of the molecule is COC(=O)c1ncn(-c2cc([N+](=O)[O-])c(F)cc2F)c1N. The highest BCUT2D eigenvalue weighted by Gasteiger charge is 2.23. The maximum Gasteiger partial charge on any atom is 0.360 e. The fourth-order valence-electron chi connectivity index (χ4n) is 1.65. The highest BCUT2D eigenvalue weighted by molar-refractivity contribution is 5.92. The minimum absolute atomic E-state index is 0.288. The molecule has 0 spiro atoms. The van der Waals surface area contributed by atoms with Crippen LogP contribution in [0.5, 0.6) is 0 Å². The van der Waals surface area contributed by atoms with Crippen molar-refractivity contribution in [2.75, 3.05) is 12.8 Å². The zero-order chi connectivity index (χ0) is 15.7. The molecule has 10 heteroatoms. The maximum absolute atomic E-state index is 13.8. The van der Waals surface area contributed by atoms with Gasteiger partial charge in [0.05, 0.1) is 17.7 Å². The Kier molecular flexibility index (Phi) is 3.52. The molecule has 0 amide bonds. The predicted molar refractivity (Wildman–Crippen MR) is 65.9 cm³/mol. The van der Waals surface area contributed by atoms with Crippen molar-refractivity contribution in [2.45, 2.75) is 0 Å². The number of carbonyl (C=O) groups is 1. The Hall–Kier alpha value is -3.04. The van der Waals surface area contributed by atoms with Crippen molar-refractivity contribution >= 4 is 17.5 Å². The number of methoxy groups -OCH3 is 1. The number of nitrogens with two attached hydrogens (primary N) is 1. The number of benzene rings is 1. The van der Waals surface area contributed by atoms with Crippen molar-refractivity contribution in [1.82, 2.24) is 9.55 Å². The van der Waals surface area contributed by atoms with E-state index < -0.39 is 33.9 Å². The summed E-state index contributed by atoms with van der Waals surface area (Å²) in [5.41, 5.74) is 3.98. The fraction of sp³-hybridized carbons (Fsp3) is 0.0909. The second kappa shape index (κ2) is 5.15. The van der Waals surface area contributed by atoms with E-state index in [1.165, 1.54) is 0 Å². The summed E-state index contributed by atoms with van der Waals surface area (Å²) < 4.78 is 32.3. The third kappa shape index (κ3) is 2.38. The predicted octanol–water partition coefficient (Wildman–Crippen LogP) is 1.43. The van der Waals surface area contributed by atoms with Gasteiger partial charge in [0.1, 0.15) is 12.1 Å². The molecular formula is C11H8F2N4O4. The Morgan fingerprint density at radius 2 is 2.10 bits per heavy atom. The molecule has 0 aliphatic heterocycles. The summed E-state index contributed by atoms with van der Waals surface area (Å²) >= 11 is 0. The van der Waals surface area contributed by atoms with E-state index in [4.69, 9.17) is 5.73 Å². The second-order valence-electron chi connectivity index (χ2n) is 3.85. The second-order valence-corrected chi connectivity index (χ2v) is 3.85. The zero-order valence-electron chi connectivity index (χ0n) is 10.5. The standard InChI is InChI=1S/C11H8F2N4O4/c1-21-11(18)9-10(14)16(4-15-9)7-3-8(17(19)20)6(13)2-5(7)12/h2-4H,14H2,1H3. The van der Waals surface area contributed by atoms with Crippen LogP contribution in [0.3, 0.4) is 0 Å². The van der Waals surface area contributed by atoms with Gasteiger partial charge in [-0.1, -0.05) is 0 Å². The van der Waals surface area contributed by atoms with Crippen molar-refractivity contribution in [3.05, 3.63) is 45.9 Å². The van der Waals surface area contributed by atoms with Crippen LogP contribution in [0.4, 0.5) is 20.3 Å². The number of hydrogen-bond acceptors (Lipinski definition) is 6. The topological polar surface area (TPSA) is 113 Å². The Morgan fingerprint density at radius 3 is 2.67 bits per heavy atom. The first-order valence-electron chi connectivity index (χ1n) is 5.41. The summed E-state index contributed by atoms with van der Waals surface area (Å²) in [5.74, 6) is -3.57. The lowest BCUT2D eigenvalue weighted by Crippen LogP contribution is -2.09. The number of nitro groups is 1. The van der Waals surface area contributed by atoms with Crippen LogP contribution in [0.1, 0.15) is 10.5 Å². The molecule has 0 radical (unpaired) electrons. The van der Waals surface area contributed by atoms with E-state index in [1.807, 2.05) is 0 Å². The molecule has 1 heterocycles. The molecule has 0 aliphatic carbocycles. The van der Waals surface area contributed by atoms with Crippen molar-refractivity contribution in [3.8, 4) is 5.69 Å². The average Bonchev–Trinajstić information content (AvgIpc) is 2.79. The molecule has 2 aromatic rings. The summed E-state index contributed by atoms with van der Waals surface area (Å²) in [5, 5.41) is 10.7. The fourth-order valence-corrected chi connectivity index (χ4v) is 1.65. The van der Waals surface area contributed by atoms with E-state index in [1.54, 1.807) is 0 Å². The molecule has 8 nitrogen and oxygen atoms in total. The third-order valence-corrected chi connectivity index (χ3v) is 2.66. The van der Waals surface area contributed by atoms with Crippen LogP contribution < -0.4 is 5.73 Å². The van der Waals surface area contributed by atoms with Crippen LogP contribution in [0, 0.1) is 21.7 Å². The summed E-state index contributed by atoms with van der Waals surface area (Å²) in [6, 6.07) is 1.01. The zero-order valence-corrected chi connectivity index (χ0v) is 10.5. The first-order chi connectivity index (χ1) is 9.86. The lowest BCUT2D eigenvalue weighted by Gasteiger charge is -2.07. The number of anilines is 1. The van der Waals surface area contributed by atoms with Crippen molar-refractivity contribution < 1.29 is 23.2 Å². The number of halogens is 2. The molecule has 0 saturated heterocycles. The van der Waals surface area contributed by atoms with Gasteiger partial charge in [0.25, 0.3) is 0 Å². The molecule has 0 saturated carbocycles. The van der Waals surface area contributed by atoms with Gasteiger partial charge in [0, 0.05) is 12.1 Å². The molecule has 0 atom stereocenters. The van der Waals surface area contributed by atoms with E-state index in [0.717, 1.165) is 18.0 Å². The van der Waals surface area contributed by atoms with Gasteiger partial charge in [-0.25, -0.2) is 14.2 Å². The number of nitrogen functional groups attached to an aromatic ring is 1. The van der Waals surface area contributed by atoms with Gasteiger partial charge in [-0.05, 0) is 0 Å². The van der Waals surface area contributed by atoms with Crippen LogP contribution >= 0.6 is 0 Å². The number of aromatic nitrogens is 2. The molecule has 2 rings (SSSR count). The largest absolute Gasteiger partial charge is 0.464 e. The smallest absolute Gasteiger partial charge is 0.360 e. The Morgan fingerprint density at radius 1 is 1.43 bits per heavy atom. The molecule has 110 valence electrons. The minimum atomic E-state index is -1.33. The Balaban J connectivity index is 2.62. The summed E-state index contributed by atoms with van der Waals surface area (Å²) in [7, 11) is 1.10. The number of rotatable bonds is 3. The van der Waals surface area contributed by atoms with Crippen molar-refractivity contribution in [1.29, 1.82) is 0 Å². The quantitative estimate of drug-likeness (QED) is 0.521. The van der Waals surface area contributed by atoms with Gasteiger partial charge < -0.3 is 10.5 Å². The highest BCUT2D eigenvalue weighted by atomic mass is 19.1. The lowest BCUT2D eigenvalue weighted by atomic mass is 10.2. The van der Waals surface area contributed by atoms with Gasteiger partial charge in [-0.3, -0.25) is 14.7 Å². The normalized spacial score (nSPS) is 10.4. The van der Waals surface area contributed by atoms with E-state index in [2.05, 4.69) is 9.72 Å². The number of esters is 1. The molecule has 0 fully saturated rings. The van der Waals surface area contributed by atoms with Gasteiger partial charge in [-0.15, -0.1) is 0 Å². The molecule has 0 aliphatic rings. The van der Waals surface area contributed by atoms with Crippen LogP contribution in [0.2, 0.25) is 0 Å². The van der Waals surface area contributed by atoms with Crippen LogP contribution in [0.15, 0.2) is 18.5 Å². The number of ether oxygens (including phenoxy) is 1. The van der Waals surface area contributed by atoms with Crippen molar-refractivity contribution in [2.24, 2.45) is 0 Å².